The zero-order chi connectivity index (χ0) is 11.3. The van der Waals surface area contributed by atoms with Gasteiger partial charge >= 0.3 is 0 Å². The summed E-state index contributed by atoms with van der Waals surface area (Å²) in [6.07, 6.45) is 0.559. The molecular weight excluding hydrogens is 260 g/mol. The summed E-state index contributed by atoms with van der Waals surface area (Å²) in [5, 5.41) is 16.0. The molecule has 0 saturated heterocycles. The molecule has 0 aliphatic rings. The molecule has 5 heteroatoms. The lowest BCUT2D eigenvalue weighted by Crippen LogP contribution is -2.13. The summed E-state index contributed by atoms with van der Waals surface area (Å²) in [6.45, 7) is 0.497. The van der Waals surface area contributed by atoms with Gasteiger partial charge in [0.15, 0.2) is 0 Å². The van der Waals surface area contributed by atoms with Crippen LogP contribution in [-0.4, -0.2) is 24.2 Å². The van der Waals surface area contributed by atoms with Crippen molar-refractivity contribution in [1.29, 1.82) is 5.41 Å². The molecule has 0 saturated carbocycles. The zero-order valence-corrected chi connectivity index (χ0v) is 9.75. The summed E-state index contributed by atoms with van der Waals surface area (Å²) in [4.78, 5) is 0. The van der Waals surface area contributed by atoms with Crippen LogP contribution in [0.3, 0.4) is 0 Å². The maximum Gasteiger partial charge on any atom is 0.131 e. The lowest BCUT2D eigenvalue weighted by atomic mass is 10.2. The van der Waals surface area contributed by atoms with Gasteiger partial charge in [-0.05, 0) is 18.2 Å². The molecule has 0 aromatic heterocycles. The van der Waals surface area contributed by atoms with Gasteiger partial charge in [0.1, 0.15) is 11.6 Å². The van der Waals surface area contributed by atoms with Crippen LogP contribution >= 0.6 is 15.9 Å². The molecule has 0 spiro atoms. The van der Waals surface area contributed by atoms with E-state index in [-0.39, 0.29) is 12.4 Å². The number of nitrogens with one attached hydrogen (secondary N) is 1. The fourth-order valence-corrected chi connectivity index (χ4v) is 1.42. The molecule has 0 aliphatic carbocycles. The lowest BCUT2D eigenvalue weighted by Gasteiger charge is -2.10. The zero-order valence-electron chi connectivity index (χ0n) is 8.16. The first kappa shape index (κ1) is 12.0. The molecule has 0 atom stereocenters. The maximum atomic E-state index is 8.62. The van der Waals surface area contributed by atoms with E-state index >= 15 is 0 Å². The third-order valence-electron chi connectivity index (χ3n) is 1.79. The van der Waals surface area contributed by atoms with Gasteiger partial charge in [-0.3, -0.25) is 5.41 Å². The van der Waals surface area contributed by atoms with Gasteiger partial charge < -0.3 is 15.6 Å². The smallest absolute Gasteiger partial charge is 0.131 e. The van der Waals surface area contributed by atoms with Crippen LogP contribution in [0.4, 0.5) is 0 Å². The highest BCUT2D eigenvalue weighted by molar-refractivity contribution is 9.10. The molecule has 0 fully saturated rings. The van der Waals surface area contributed by atoms with Crippen LogP contribution in [-0.2, 0) is 0 Å². The fraction of sp³-hybridized carbons (Fsp3) is 0.300. The summed E-state index contributed by atoms with van der Waals surface area (Å²) in [6, 6.07) is 5.28. The Hall–Kier alpha value is -1.07. The van der Waals surface area contributed by atoms with E-state index in [2.05, 4.69) is 15.9 Å². The molecule has 1 aromatic rings. The Morgan fingerprint density at radius 2 is 2.27 bits per heavy atom. The van der Waals surface area contributed by atoms with Crippen molar-refractivity contribution in [3.63, 3.8) is 0 Å². The number of ether oxygens (including phenoxy) is 1. The summed E-state index contributed by atoms with van der Waals surface area (Å²) in [7, 11) is 0. The Kier molecular flexibility index (Phi) is 4.58. The van der Waals surface area contributed by atoms with E-state index in [0.29, 0.717) is 24.3 Å². The second kappa shape index (κ2) is 5.72. The van der Waals surface area contributed by atoms with Crippen molar-refractivity contribution < 1.29 is 9.84 Å². The Morgan fingerprint density at radius 1 is 1.53 bits per heavy atom. The third-order valence-corrected chi connectivity index (χ3v) is 2.29. The van der Waals surface area contributed by atoms with E-state index in [9.17, 15) is 0 Å². The fourth-order valence-electron chi connectivity index (χ4n) is 1.08. The third kappa shape index (κ3) is 3.53. The first-order valence-electron chi connectivity index (χ1n) is 4.52. The predicted molar refractivity (Wildman–Crippen MR) is 62.4 cm³/mol. The Morgan fingerprint density at radius 3 is 2.87 bits per heavy atom. The number of aliphatic hydroxyl groups excluding tert-OH is 1. The van der Waals surface area contributed by atoms with Crippen LogP contribution in [0.15, 0.2) is 22.7 Å². The molecule has 1 aromatic carbocycles. The average Bonchev–Trinajstić information content (AvgIpc) is 2.18. The van der Waals surface area contributed by atoms with Crippen molar-refractivity contribution in [2.75, 3.05) is 13.2 Å². The Bertz CT molecular complexity index is 355. The molecule has 0 amide bonds. The standard InChI is InChI=1S/C10H13BrN2O2/c11-7-2-3-8(10(12)13)9(6-7)15-5-1-4-14/h2-3,6,14H,1,4-5H2,(H3,12,13). The number of nitrogens with two attached hydrogens (primary N) is 1. The van der Waals surface area contributed by atoms with Crippen LogP contribution in [0.2, 0.25) is 0 Å². The molecule has 0 unspecified atom stereocenters. The van der Waals surface area contributed by atoms with E-state index in [1.165, 1.54) is 0 Å². The first-order chi connectivity index (χ1) is 7.15. The lowest BCUT2D eigenvalue weighted by molar-refractivity contribution is 0.233. The molecule has 0 aliphatic heterocycles. The highest BCUT2D eigenvalue weighted by atomic mass is 79.9. The van der Waals surface area contributed by atoms with Crippen LogP contribution in [0, 0.1) is 5.41 Å². The second-order valence-corrected chi connectivity index (χ2v) is 3.90. The highest BCUT2D eigenvalue weighted by Crippen LogP contribution is 2.23. The number of benzene rings is 1. The van der Waals surface area contributed by atoms with Gasteiger partial charge in [0.25, 0.3) is 0 Å². The number of nitrogen functional groups attached to an aromatic ring is 1. The average molecular weight is 273 g/mol. The molecule has 0 radical (unpaired) electrons. The van der Waals surface area contributed by atoms with E-state index < -0.39 is 0 Å². The van der Waals surface area contributed by atoms with Crippen molar-refractivity contribution >= 4 is 21.8 Å². The quantitative estimate of drug-likeness (QED) is 0.432. The SMILES string of the molecule is N=C(N)c1ccc(Br)cc1OCCCO. The van der Waals surface area contributed by atoms with Crippen molar-refractivity contribution in [3.05, 3.63) is 28.2 Å². The number of aliphatic hydroxyl groups is 1. The van der Waals surface area contributed by atoms with Gasteiger partial charge in [-0.15, -0.1) is 0 Å². The van der Waals surface area contributed by atoms with E-state index in [1.807, 2.05) is 0 Å². The molecule has 4 nitrogen and oxygen atoms in total. The number of amidine groups is 1. The van der Waals surface area contributed by atoms with Gasteiger partial charge in [-0.2, -0.15) is 0 Å². The molecule has 4 N–H and O–H groups in total. The normalized spacial score (nSPS) is 10.0. The largest absolute Gasteiger partial charge is 0.493 e. The van der Waals surface area contributed by atoms with E-state index in [1.54, 1.807) is 18.2 Å². The minimum absolute atomic E-state index is 0.0264. The topological polar surface area (TPSA) is 79.3 Å². The summed E-state index contributed by atoms with van der Waals surface area (Å²) < 4.78 is 6.28. The van der Waals surface area contributed by atoms with Gasteiger partial charge in [0, 0.05) is 17.5 Å². The summed E-state index contributed by atoms with van der Waals surface area (Å²) in [5.41, 5.74) is 5.97. The van der Waals surface area contributed by atoms with Crippen molar-refractivity contribution in [2.45, 2.75) is 6.42 Å². The predicted octanol–water partition coefficient (Wildman–Crippen LogP) is 1.49. The molecule has 1 rings (SSSR count). The van der Waals surface area contributed by atoms with Crippen molar-refractivity contribution in [1.82, 2.24) is 0 Å². The second-order valence-electron chi connectivity index (χ2n) is 2.98. The monoisotopic (exact) mass is 272 g/mol. The Balaban J connectivity index is 2.82. The molecule has 82 valence electrons. The Labute approximate surface area is 96.7 Å². The van der Waals surface area contributed by atoms with Crippen LogP contribution in [0.5, 0.6) is 5.75 Å². The van der Waals surface area contributed by atoms with Crippen LogP contribution in [0.1, 0.15) is 12.0 Å². The van der Waals surface area contributed by atoms with Crippen molar-refractivity contribution in [3.8, 4) is 5.75 Å². The highest BCUT2D eigenvalue weighted by Gasteiger charge is 2.06. The van der Waals surface area contributed by atoms with Gasteiger partial charge in [0.2, 0.25) is 0 Å². The van der Waals surface area contributed by atoms with Gasteiger partial charge in [0.05, 0.1) is 12.2 Å². The van der Waals surface area contributed by atoms with E-state index in [4.69, 9.17) is 21.0 Å². The number of hydrogen-bond donors (Lipinski definition) is 3. The van der Waals surface area contributed by atoms with E-state index in [0.717, 1.165) is 4.47 Å². The first-order valence-corrected chi connectivity index (χ1v) is 5.32. The molecule has 0 bridgehead atoms. The molecule has 15 heavy (non-hydrogen) atoms. The van der Waals surface area contributed by atoms with Crippen LogP contribution < -0.4 is 10.5 Å². The number of hydrogen-bond acceptors (Lipinski definition) is 3. The summed E-state index contributed by atoms with van der Waals surface area (Å²) >= 11 is 3.31. The van der Waals surface area contributed by atoms with Gasteiger partial charge in [-0.1, -0.05) is 15.9 Å². The maximum absolute atomic E-state index is 8.62. The number of halogens is 1. The minimum atomic E-state index is -0.0264. The molecule has 0 heterocycles. The summed E-state index contributed by atoms with van der Waals surface area (Å²) in [5.74, 6) is 0.534. The molecular formula is C10H13BrN2O2. The van der Waals surface area contributed by atoms with Gasteiger partial charge in [-0.25, -0.2) is 0 Å². The van der Waals surface area contributed by atoms with Crippen molar-refractivity contribution in [2.24, 2.45) is 5.73 Å². The van der Waals surface area contributed by atoms with Crippen LogP contribution in [0.25, 0.3) is 0 Å². The number of rotatable bonds is 5. The minimum Gasteiger partial charge on any atom is -0.493 e.